The molecule has 0 aliphatic carbocycles. The SMILES string of the molecule is CN=C(NCc1nccn1CC(C)C)NC(C)c1ccccc1Cl.I. The zero-order chi connectivity index (χ0) is 17.5. The molecular weight excluding hydrogens is 449 g/mol. The molecule has 1 unspecified atom stereocenters. The molecular formula is C18H27ClIN5. The van der Waals surface area contributed by atoms with Crippen LogP contribution in [-0.4, -0.2) is 22.6 Å². The predicted octanol–water partition coefficient (Wildman–Crippen LogP) is 4.24. The fourth-order valence-corrected chi connectivity index (χ4v) is 2.83. The van der Waals surface area contributed by atoms with Gasteiger partial charge in [0.05, 0.1) is 12.6 Å². The summed E-state index contributed by atoms with van der Waals surface area (Å²) in [5.74, 6) is 2.30. The lowest BCUT2D eigenvalue weighted by molar-refractivity contribution is 0.503. The van der Waals surface area contributed by atoms with E-state index >= 15 is 0 Å². The zero-order valence-corrected chi connectivity index (χ0v) is 18.2. The first-order valence-corrected chi connectivity index (χ1v) is 8.60. The van der Waals surface area contributed by atoms with E-state index in [0.29, 0.717) is 12.5 Å². The molecule has 2 rings (SSSR count). The van der Waals surface area contributed by atoms with Crippen LogP contribution in [0, 0.1) is 5.92 Å². The zero-order valence-electron chi connectivity index (χ0n) is 15.2. The van der Waals surface area contributed by atoms with Gasteiger partial charge < -0.3 is 15.2 Å². The van der Waals surface area contributed by atoms with Crippen LogP contribution in [-0.2, 0) is 13.1 Å². The quantitative estimate of drug-likeness (QED) is 0.373. The van der Waals surface area contributed by atoms with Crippen molar-refractivity contribution in [1.29, 1.82) is 0 Å². The fourth-order valence-electron chi connectivity index (χ4n) is 2.53. The Morgan fingerprint density at radius 3 is 2.64 bits per heavy atom. The molecule has 25 heavy (non-hydrogen) atoms. The van der Waals surface area contributed by atoms with Crippen LogP contribution in [0.25, 0.3) is 0 Å². The van der Waals surface area contributed by atoms with Gasteiger partial charge in [-0.3, -0.25) is 4.99 Å². The van der Waals surface area contributed by atoms with Gasteiger partial charge in [-0.05, 0) is 24.5 Å². The van der Waals surface area contributed by atoms with Gasteiger partial charge in [0.2, 0.25) is 0 Å². The number of nitrogens with one attached hydrogen (secondary N) is 2. The summed E-state index contributed by atoms with van der Waals surface area (Å²) in [6.07, 6.45) is 3.85. The molecule has 1 heterocycles. The molecule has 2 aromatic rings. The van der Waals surface area contributed by atoms with Crippen LogP contribution in [0.3, 0.4) is 0 Å². The minimum absolute atomic E-state index is 0. The van der Waals surface area contributed by atoms with Crippen molar-refractivity contribution in [3.05, 3.63) is 53.1 Å². The Balaban J connectivity index is 0.00000312. The van der Waals surface area contributed by atoms with Crippen LogP contribution in [0.1, 0.15) is 38.2 Å². The first kappa shape index (κ1) is 21.8. The highest BCUT2D eigenvalue weighted by Crippen LogP contribution is 2.21. The van der Waals surface area contributed by atoms with Gasteiger partial charge in [-0.2, -0.15) is 0 Å². The van der Waals surface area contributed by atoms with E-state index in [1.54, 1.807) is 7.05 Å². The van der Waals surface area contributed by atoms with E-state index < -0.39 is 0 Å². The van der Waals surface area contributed by atoms with Gasteiger partial charge in [-0.15, -0.1) is 24.0 Å². The van der Waals surface area contributed by atoms with Gasteiger partial charge in [0, 0.05) is 31.0 Å². The molecule has 1 aromatic heterocycles. The van der Waals surface area contributed by atoms with E-state index in [1.807, 2.05) is 36.7 Å². The van der Waals surface area contributed by atoms with Crippen LogP contribution in [0.5, 0.6) is 0 Å². The lowest BCUT2D eigenvalue weighted by Gasteiger charge is -2.19. The van der Waals surface area contributed by atoms with E-state index in [9.17, 15) is 0 Å². The minimum Gasteiger partial charge on any atom is -0.350 e. The van der Waals surface area contributed by atoms with Gasteiger partial charge in [0.15, 0.2) is 5.96 Å². The Morgan fingerprint density at radius 2 is 2.00 bits per heavy atom. The number of hydrogen-bond donors (Lipinski definition) is 2. The van der Waals surface area contributed by atoms with Crippen molar-refractivity contribution in [3.8, 4) is 0 Å². The highest BCUT2D eigenvalue weighted by molar-refractivity contribution is 14.0. The van der Waals surface area contributed by atoms with E-state index in [1.165, 1.54) is 0 Å². The summed E-state index contributed by atoms with van der Waals surface area (Å²) in [4.78, 5) is 8.71. The molecule has 2 N–H and O–H groups in total. The molecule has 0 spiro atoms. The third kappa shape index (κ3) is 6.51. The van der Waals surface area contributed by atoms with Gasteiger partial charge >= 0.3 is 0 Å². The summed E-state index contributed by atoms with van der Waals surface area (Å²) >= 11 is 6.26. The number of rotatable bonds is 6. The molecule has 5 nitrogen and oxygen atoms in total. The predicted molar refractivity (Wildman–Crippen MR) is 116 cm³/mol. The molecule has 1 atom stereocenters. The van der Waals surface area contributed by atoms with Crippen molar-refractivity contribution in [2.24, 2.45) is 10.9 Å². The van der Waals surface area contributed by atoms with Crippen molar-refractivity contribution < 1.29 is 0 Å². The van der Waals surface area contributed by atoms with Crippen molar-refractivity contribution in [2.45, 2.75) is 39.9 Å². The Hall–Kier alpha value is -1.28. The molecule has 0 aliphatic heterocycles. The average molecular weight is 476 g/mol. The summed E-state index contributed by atoms with van der Waals surface area (Å²) in [5.41, 5.74) is 1.04. The van der Waals surface area contributed by atoms with E-state index in [2.05, 4.69) is 45.9 Å². The normalized spacial score (nSPS) is 12.6. The first-order valence-electron chi connectivity index (χ1n) is 8.23. The van der Waals surface area contributed by atoms with Gasteiger partial charge in [0.1, 0.15) is 5.82 Å². The molecule has 0 fully saturated rings. The third-order valence-corrected chi connectivity index (χ3v) is 4.07. The maximum atomic E-state index is 6.26. The van der Waals surface area contributed by atoms with Crippen molar-refractivity contribution in [3.63, 3.8) is 0 Å². The Morgan fingerprint density at radius 1 is 1.28 bits per heavy atom. The standard InChI is InChI=1S/C18H26ClN5.HI/c1-13(2)12-24-10-9-21-17(24)11-22-18(20-4)23-14(3)15-7-5-6-8-16(15)19;/h5-10,13-14H,11-12H2,1-4H3,(H2,20,22,23);1H. The average Bonchev–Trinajstić information content (AvgIpc) is 2.98. The van der Waals surface area contributed by atoms with Crippen LogP contribution < -0.4 is 10.6 Å². The second-order valence-corrected chi connectivity index (χ2v) is 6.61. The smallest absolute Gasteiger partial charge is 0.191 e. The number of aromatic nitrogens is 2. The van der Waals surface area contributed by atoms with Gasteiger partial charge in [-0.1, -0.05) is 43.6 Å². The first-order chi connectivity index (χ1) is 11.5. The van der Waals surface area contributed by atoms with Gasteiger partial charge in [-0.25, -0.2) is 4.98 Å². The lowest BCUT2D eigenvalue weighted by atomic mass is 10.1. The van der Waals surface area contributed by atoms with Crippen LogP contribution >= 0.6 is 35.6 Å². The van der Waals surface area contributed by atoms with E-state index in [-0.39, 0.29) is 30.0 Å². The topological polar surface area (TPSA) is 54.2 Å². The summed E-state index contributed by atoms with van der Waals surface area (Å²) < 4.78 is 2.17. The highest BCUT2D eigenvalue weighted by Gasteiger charge is 2.11. The van der Waals surface area contributed by atoms with Crippen molar-refractivity contribution >= 4 is 41.5 Å². The molecule has 7 heteroatoms. The number of nitrogens with zero attached hydrogens (tertiary/aromatic N) is 3. The number of aliphatic imine (C=N–C) groups is 1. The van der Waals surface area contributed by atoms with Crippen molar-refractivity contribution in [2.75, 3.05) is 7.05 Å². The maximum absolute atomic E-state index is 6.26. The molecule has 0 saturated heterocycles. The van der Waals surface area contributed by atoms with Crippen LogP contribution in [0.2, 0.25) is 5.02 Å². The monoisotopic (exact) mass is 475 g/mol. The summed E-state index contributed by atoms with van der Waals surface area (Å²) in [6.45, 7) is 8.04. The fraction of sp³-hybridized carbons (Fsp3) is 0.444. The molecule has 0 bridgehead atoms. The number of hydrogen-bond acceptors (Lipinski definition) is 2. The number of halogens is 2. The van der Waals surface area contributed by atoms with Crippen LogP contribution in [0.15, 0.2) is 41.7 Å². The van der Waals surface area contributed by atoms with E-state index in [0.717, 1.165) is 28.9 Å². The van der Waals surface area contributed by atoms with Crippen LogP contribution in [0.4, 0.5) is 0 Å². The van der Waals surface area contributed by atoms with Crippen molar-refractivity contribution in [1.82, 2.24) is 20.2 Å². The van der Waals surface area contributed by atoms with E-state index in [4.69, 9.17) is 11.6 Å². The third-order valence-electron chi connectivity index (χ3n) is 3.73. The molecule has 0 saturated carbocycles. The Kier molecular flexibility index (Phi) is 9.27. The second kappa shape index (κ2) is 10.7. The summed E-state index contributed by atoms with van der Waals surface area (Å²) in [7, 11) is 1.76. The Labute approximate surface area is 172 Å². The molecule has 0 radical (unpaired) electrons. The molecule has 0 amide bonds. The number of imidazole rings is 1. The van der Waals surface area contributed by atoms with Gasteiger partial charge in [0.25, 0.3) is 0 Å². The number of benzene rings is 1. The largest absolute Gasteiger partial charge is 0.350 e. The molecule has 138 valence electrons. The lowest BCUT2D eigenvalue weighted by Crippen LogP contribution is -2.38. The Bertz CT molecular complexity index is 684. The summed E-state index contributed by atoms with van der Waals surface area (Å²) in [6, 6.07) is 7.88. The second-order valence-electron chi connectivity index (χ2n) is 6.20. The minimum atomic E-state index is 0. The number of guanidine groups is 1. The maximum Gasteiger partial charge on any atom is 0.191 e. The molecule has 0 aliphatic rings. The summed E-state index contributed by atoms with van der Waals surface area (Å²) in [5, 5.41) is 7.43. The highest BCUT2D eigenvalue weighted by atomic mass is 127. The molecule has 1 aromatic carbocycles.